The Morgan fingerprint density at radius 2 is 1.78 bits per heavy atom. The van der Waals surface area contributed by atoms with Gasteiger partial charge in [-0.3, -0.25) is 15.1 Å². The van der Waals surface area contributed by atoms with Crippen LogP contribution in [0.1, 0.15) is 58.3 Å². The second kappa shape index (κ2) is 4.25. The van der Waals surface area contributed by atoms with E-state index in [0.717, 1.165) is 12.8 Å². The Morgan fingerprint density at radius 3 is 2.39 bits per heavy atom. The van der Waals surface area contributed by atoms with Gasteiger partial charge in [-0.25, -0.2) is 0 Å². The minimum Gasteiger partial charge on any atom is -0.342 e. The van der Waals surface area contributed by atoms with Gasteiger partial charge in [0.1, 0.15) is 5.54 Å². The van der Waals surface area contributed by atoms with E-state index in [1.165, 1.54) is 38.5 Å². The van der Waals surface area contributed by atoms with Crippen LogP contribution in [0.4, 0.5) is 0 Å². The van der Waals surface area contributed by atoms with Gasteiger partial charge < -0.3 is 5.32 Å². The fraction of sp³-hybridized carbons (Fsp3) is 0.857. The van der Waals surface area contributed by atoms with E-state index in [1.807, 2.05) is 6.92 Å². The van der Waals surface area contributed by atoms with Gasteiger partial charge in [0.25, 0.3) is 5.91 Å². The first-order valence-electron chi connectivity index (χ1n) is 7.32. The molecule has 1 amide bonds. The van der Waals surface area contributed by atoms with Crippen LogP contribution in [0.25, 0.3) is 0 Å². The molecule has 0 bridgehead atoms. The highest BCUT2D eigenvalue weighted by atomic mass is 16.2. The Kier molecular flexibility index (Phi) is 2.83. The molecule has 18 heavy (non-hydrogen) atoms. The quantitative estimate of drug-likeness (QED) is 0.746. The molecular formula is C14H23N3O. The van der Waals surface area contributed by atoms with Crippen molar-refractivity contribution in [1.29, 1.82) is 0 Å². The van der Waals surface area contributed by atoms with Gasteiger partial charge in [-0.15, -0.1) is 0 Å². The second-order valence-electron chi connectivity index (χ2n) is 6.19. The molecule has 2 spiro atoms. The maximum absolute atomic E-state index is 12.2. The highest BCUT2D eigenvalue weighted by Gasteiger charge is 2.51. The molecule has 0 unspecified atom stereocenters. The van der Waals surface area contributed by atoms with Crippen LogP contribution in [-0.4, -0.2) is 24.0 Å². The predicted molar refractivity (Wildman–Crippen MR) is 71.4 cm³/mol. The van der Waals surface area contributed by atoms with Crippen molar-refractivity contribution in [1.82, 2.24) is 10.6 Å². The van der Waals surface area contributed by atoms with E-state index in [4.69, 9.17) is 0 Å². The molecule has 2 N–H and O–H groups in total. The highest BCUT2D eigenvalue weighted by Crippen LogP contribution is 2.51. The number of guanidine groups is 1. The van der Waals surface area contributed by atoms with Gasteiger partial charge >= 0.3 is 0 Å². The van der Waals surface area contributed by atoms with Gasteiger partial charge in [0.2, 0.25) is 0 Å². The van der Waals surface area contributed by atoms with Crippen LogP contribution in [0.5, 0.6) is 0 Å². The standard InChI is InChI=1S/C14H23N3O/c1-2-15-12-16-11(18)14(17-12)9-7-13(8-10-14)5-3-4-6-13/h2-10H2,1H3,(H2,15,16,17,18). The number of carbonyl (C=O) groups is 1. The van der Waals surface area contributed by atoms with E-state index in [2.05, 4.69) is 15.6 Å². The third kappa shape index (κ3) is 1.82. The van der Waals surface area contributed by atoms with Crippen molar-refractivity contribution >= 4 is 11.9 Å². The van der Waals surface area contributed by atoms with Crippen molar-refractivity contribution in [3.63, 3.8) is 0 Å². The lowest BCUT2D eigenvalue weighted by molar-refractivity contribution is -0.126. The van der Waals surface area contributed by atoms with Gasteiger partial charge in [-0.1, -0.05) is 12.8 Å². The minimum atomic E-state index is -0.345. The average molecular weight is 249 g/mol. The molecule has 0 aromatic rings. The fourth-order valence-electron chi connectivity index (χ4n) is 3.96. The van der Waals surface area contributed by atoms with Crippen LogP contribution >= 0.6 is 0 Å². The van der Waals surface area contributed by atoms with Gasteiger partial charge in [0, 0.05) is 6.54 Å². The Hall–Kier alpha value is -1.06. The maximum Gasteiger partial charge on any atom is 0.252 e. The zero-order valence-corrected chi connectivity index (χ0v) is 11.2. The summed E-state index contributed by atoms with van der Waals surface area (Å²) in [6, 6.07) is 0. The molecule has 4 heteroatoms. The summed E-state index contributed by atoms with van der Waals surface area (Å²) < 4.78 is 0. The molecule has 0 radical (unpaired) electrons. The van der Waals surface area contributed by atoms with E-state index in [0.29, 0.717) is 17.9 Å². The number of hydrogen-bond acceptors (Lipinski definition) is 2. The zero-order chi connectivity index (χ0) is 12.6. The predicted octanol–water partition coefficient (Wildman–Crippen LogP) is 1.95. The third-order valence-corrected chi connectivity index (χ3v) is 5.17. The SMILES string of the molecule is CCN=C1NC(=O)C2(CCC3(CCCC3)CC2)N1. The maximum atomic E-state index is 12.2. The Labute approximate surface area is 109 Å². The van der Waals surface area contributed by atoms with Crippen molar-refractivity contribution in [2.75, 3.05) is 6.54 Å². The van der Waals surface area contributed by atoms with Crippen LogP contribution in [0.15, 0.2) is 4.99 Å². The number of amides is 1. The summed E-state index contributed by atoms with van der Waals surface area (Å²) in [6.45, 7) is 2.70. The Balaban J connectivity index is 1.71. The van der Waals surface area contributed by atoms with Crippen molar-refractivity contribution in [2.24, 2.45) is 10.4 Å². The van der Waals surface area contributed by atoms with Crippen LogP contribution < -0.4 is 10.6 Å². The first kappa shape index (κ1) is 12.0. The topological polar surface area (TPSA) is 53.5 Å². The smallest absolute Gasteiger partial charge is 0.252 e. The van der Waals surface area contributed by atoms with Gasteiger partial charge in [-0.05, 0) is 50.9 Å². The van der Waals surface area contributed by atoms with Crippen molar-refractivity contribution in [2.45, 2.75) is 63.8 Å². The molecule has 0 aromatic heterocycles. The van der Waals surface area contributed by atoms with E-state index in [-0.39, 0.29) is 11.4 Å². The summed E-state index contributed by atoms with van der Waals surface area (Å²) in [7, 11) is 0. The number of rotatable bonds is 1. The van der Waals surface area contributed by atoms with Gasteiger partial charge in [0.05, 0.1) is 0 Å². The molecule has 2 aliphatic carbocycles. The highest BCUT2D eigenvalue weighted by molar-refractivity contribution is 6.09. The number of nitrogens with zero attached hydrogens (tertiary/aromatic N) is 1. The fourth-order valence-corrected chi connectivity index (χ4v) is 3.96. The number of carbonyl (C=O) groups excluding carboxylic acids is 1. The van der Waals surface area contributed by atoms with Crippen molar-refractivity contribution < 1.29 is 4.79 Å². The monoisotopic (exact) mass is 249 g/mol. The first-order chi connectivity index (χ1) is 8.68. The summed E-state index contributed by atoms with van der Waals surface area (Å²) in [5.74, 6) is 0.826. The molecular weight excluding hydrogens is 226 g/mol. The minimum absolute atomic E-state index is 0.141. The number of nitrogens with one attached hydrogen (secondary N) is 2. The lowest BCUT2D eigenvalue weighted by Gasteiger charge is -2.41. The first-order valence-corrected chi connectivity index (χ1v) is 7.32. The molecule has 100 valence electrons. The third-order valence-electron chi connectivity index (χ3n) is 5.17. The summed E-state index contributed by atoms with van der Waals surface area (Å²) in [5, 5.41) is 6.25. The normalized spacial score (nSPS) is 30.9. The van der Waals surface area contributed by atoms with E-state index in [1.54, 1.807) is 0 Å². The molecule has 3 aliphatic rings. The molecule has 3 rings (SSSR count). The molecule has 4 nitrogen and oxygen atoms in total. The largest absolute Gasteiger partial charge is 0.342 e. The van der Waals surface area contributed by atoms with Crippen molar-refractivity contribution in [3.8, 4) is 0 Å². The van der Waals surface area contributed by atoms with Crippen LogP contribution in [0.3, 0.4) is 0 Å². The van der Waals surface area contributed by atoms with E-state index >= 15 is 0 Å². The van der Waals surface area contributed by atoms with Crippen LogP contribution in [0, 0.1) is 5.41 Å². The van der Waals surface area contributed by atoms with E-state index in [9.17, 15) is 4.79 Å². The molecule has 1 heterocycles. The lowest BCUT2D eigenvalue weighted by Crippen LogP contribution is -2.51. The molecule has 1 saturated heterocycles. The summed E-state index contributed by atoms with van der Waals surface area (Å²) in [6.07, 6.45) is 9.87. The molecule has 0 aromatic carbocycles. The zero-order valence-electron chi connectivity index (χ0n) is 11.2. The van der Waals surface area contributed by atoms with Crippen LogP contribution in [0.2, 0.25) is 0 Å². The molecule has 3 fully saturated rings. The molecule has 0 atom stereocenters. The van der Waals surface area contributed by atoms with Gasteiger partial charge in [-0.2, -0.15) is 0 Å². The number of aliphatic imine (C=N–C) groups is 1. The summed E-state index contributed by atoms with van der Waals surface area (Å²) in [4.78, 5) is 16.5. The van der Waals surface area contributed by atoms with E-state index < -0.39 is 0 Å². The summed E-state index contributed by atoms with van der Waals surface area (Å²) in [5.41, 5.74) is 0.222. The van der Waals surface area contributed by atoms with Crippen LogP contribution in [-0.2, 0) is 4.79 Å². The summed E-state index contributed by atoms with van der Waals surface area (Å²) >= 11 is 0. The average Bonchev–Trinajstić information content (AvgIpc) is 2.92. The Bertz CT molecular complexity index is 373. The lowest BCUT2D eigenvalue weighted by atomic mass is 9.66. The van der Waals surface area contributed by atoms with Crippen molar-refractivity contribution in [3.05, 3.63) is 0 Å². The molecule has 2 saturated carbocycles. The molecule has 1 aliphatic heterocycles. The Morgan fingerprint density at radius 1 is 1.11 bits per heavy atom. The van der Waals surface area contributed by atoms with Gasteiger partial charge in [0.15, 0.2) is 5.96 Å². The number of hydrogen-bond donors (Lipinski definition) is 2. The second-order valence-corrected chi connectivity index (χ2v) is 6.19.